The van der Waals surface area contributed by atoms with Crippen LogP contribution in [0.25, 0.3) is 10.9 Å². The van der Waals surface area contributed by atoms with Crippen LogP contribution in [0.4, 0.5) is 5.69 Å². The Morgan fingerprint density at radius 1 is 1.32 bits per heavy atom. The van der Waals surface area contributed by atoms with Crippen LogP contribution in [0.15, 0.2) is 18.2 Å². The normalized spacial score (nSPS) is 25.9. The van der Waals surface area contributed by atoms with Crippen molar-refractivity contribution in [2.45, 2.75) is 18.9 Å². The van der Waals surface area contributed by atoms with E-state index in [1.165, 1.54) is 0 Å². The third-order valence-electron chi connectivity index (χ3n) is 5.07. The van der Waals surface area contributed by atoms with Crippen LogP contribution in [-0.4, -0.2) is 61.4 Å². The molecule has 8 nitrogen and oxygen atoms in total. The van der Waals surface area contributed by atoms with Crippen molar-refractivity contribution < 1.29 is 13.2 Å². The van der Waals surface area contributed by atoms with Gasteiger partial charge in [-0.1, -0.05) is 6.07 Å². The van der Waals surface area contributed by atoms with E-state index < -0.39 is 10.0 Å². The minimum Gasteiger partial charge on any atom is -0.346 e. The van der Waals surface area contributed by atoms with Crippen molar-refractivity contribution >= 4 is 32.5 Å². The quantitative estimate of drug-likeness (QED) is 0.743. The zero-order valence-corrected chi connectivity index (χ0v) is 14.8. The number of rotatable bonds is 4. The number of hydrogen-bond donors (Lipinski definition) is 3. The molecule has 0 aliphatic carbocycles. The molecular formula is C16H21N5O3S. The maximum atomic E-state index is 12.8. The first-order chi connectivity index (χ1) is 11.9. The predicted molar refractivity (Wildman–Crippen MR) is 95.0 cm³/mol. The summed E-state index contributed by atoms with van der Waals surface area (Å²) < 4.78 is 25.7. The largest absolute Gasteiger partial charge is 0.346 e. The van der Waals surface area contributed by atoms with Crippen molar-refractivity contribution in [1.82, 2.24) is 20.4 Å². The standard InChI is InChI=1S/C16H21N5O3S/c1-25(23,24)20-12-4-2-3-11-14(12)15(19-18-11)16(22)17-13-9-21-7-5-10(13)6-8-21/h2-4,10,13,20H,5-9H2,1H3,(H,17,22)(H,18,19)/t13-/m1/s1. The highest BCUT2D eigenvalue weighted by Crippen LogP contribution is 2.29. The van der Waals surface area contributed by atoms with E-state index in [0.717, 1.165) is 38.7 Å². The molecular weight excluding hydrogens is 342 g/mol. The van der Waals surface area contributed by atoms with Crippen LogP contribution in [0.5, 0.6) is 0 Å². The number of benzene rings is 1. The van der Waals surface area contributed by atoms with Gasteiger partial charge < -0.3 is 10.2 Å². The summed E-state index contributed by atoms with van der Waals surface area (Å²) in [5.74, 6) is 0.237. The smallest absolute Gasteiger partial charge is 0.272 e. The van der Waals surface area contributed by atoms with Gasteiger partial charge in [-0.25, -0.2) is 8.42 Å². The molecule has 0 radical (unpaired) electrons. The molecule has 0 unspecified atom stereocenters. The third kappa shape index (κ3) is 3.21. The van der Waals surface area contributed by atoms with Crippen molar-refractivity contribution in [3.63, 3.8) is 0 Å². The van der Waals surface area contributed by atoms with E-state index in [4.69, 9.17) is 0 Å². The van der Waals surface area contributed by atoms with Gasteiger partial charge in [0.15, 0.2) is 5.69 Å². The molecule has 3 aliphatic heterocycles. The summed E-state index contributed by atoms with van der Waals surface area (Å²) >= 11 is 0. The molecule has 4 heterocycles. The summed E-state index contributed by atoms with van der Waals surface area (Å²) in [5, 5.41) is 10.5. The number of H-pyrrole nitrogens is 1. The second-order valence-electron chi connectivity index (χ2n) is 6.89. The topological polar surface area (TPSA) is 107 Å². The van der Waals surface area contributed by atoms with E-state index in [1.54, 1.807) is 18.2 Å². The fraction of sp³-hybridized carbons (Fsp3) is 0.500. The number of amides is 1. The Morgan fingerprint density at radius 3 is 2.72 bits per heavy atom. The number of carbonyl (C=O) groups is 1. The Kier molecular flexibility index (Phi) is 3.92. The lowest BCUT2D eigenvalue weighted by Gasteiger charge is -2.44. The molecule has 2 bridgehead atoms. The Bertz CT molecular complexity index is 915. The molecule has 0 saturated carbocycles. The molecule has 134 valence electrons. The summed E-state index contributed by atoms with van der Waals surface area (Å²) in [4.78, 5) is 15.2. The number of aromatic nitrogens is 2. The Labute approximate surface area is 146 Å². The molecule has 2 aromatic rings. The van der Waals surface area contributed by atoms with Gasteiger partial charge in [0, 0.05) is 12.6 Å². The average Bonchev–Trinajstić information content (AvgIpc) is 3.00. The second-order valence-corrected chi connectivity index (χ2v) is 8.64. The number of anilines is 1. The first-order valence-corrected chi connectivity index (χ1v) is 10.3. The number of piperidine rings is 3. The van der Waals surface area contributed by atoms with Gasteiger partial charge in [-0.3, -0.25) is 14.6 Å². The molecule has 1 aromatic carbocycles. The summed E-state index contributed by atoms with van der Waals surface area (Å²) in [6.45, 7) is 3.07. The van der Waals surface area contributed by atoms with Crippen LogP contribution in [0, 0.1) is 5.92 Å². The fourth-order valence-corrected chi connectivity index (χ4v) is 4.46. The maximum absolute atomic E-state index is 12.8. The average molecular weight is 363 g/mol. The van der Waals surface area contributed by atoms with E-state index in [9.17, 15) is 13.2 Å². The van der Waals surface area contributed by atoms with Gasteiger partial charge in [0.2, 0.25) is 10.0 Å². The van der Waals surface area contributed by atoms with E-state index in [-0.39, 0.29) is 17.6 Å². The van der Waals surface area contributed by atoms with Crippen molar-refractivity contribution in [2.75, 3.05) is 30.6 Å². The molecule has 0 spiro atoms. The highest BCUT2D eigenvalue weighted by Gasteiger charge is 2.35. The number of nitrogens with one attached hydrogen (secondary N) is 3. The summed E-state index contributed by atoms with van der Waals surface area (Å²) in [5.41, 5.74) is 1.19. The molecule has 25 heavy (non-hydrogen) atoms. The van der Waals surface area contributed by atoms with Crippen LogP contribution >= 0.6 is 0 Å². The van der Waals surface area contributed by atoms with E-state index in [2.05, 4.69) is 25.1 Å². The minimum absolute atomic E-state index is 0.122. The molecule has 3 fully saturated rings. The van der Waals surface area contributed by atoms with Crippen LogP contribution in [0.3, 0.4) is 0 Å². The monoisotopic (exact) mass is 363 g/mol. The molecule has 9 heteroatoms. The number of hydrogen-bond acceptors (Lipinski definition) is 5. The van der Waals surface area contributed by atoms with Crippen molar-refractivity contribution in [3.05, 3.63) is 23.9 Å². The number of sulfonamides is 1. The van der Waals surface area contributed by atoms with Gasteiger partial charge in [-0.05, 0) is 44.0 Å². The zero-order valence-electron chi connectivity index (χ0n) is 13.9. The highest BCUT2D eigenvalue weighted by molar-refractivity contribution is 7.92. The van der Waals surface area contributed by atoms with Gasteiger partial charge >= 0.3 is 0 Å². The third-order valence-corrected chi connectivity index (χ3v) is 5.66. The SMILES string of the molecule is CS(=O)(=O)Nc1cccc2[nH]nc(C(=O)N[C@@H]3CN4CCC3CC4)c12. The van der Waals surface area contributed by atoms with Crippen LogP contribution in [-0.2, 0) is 10.0 Å². The van der Waals surface area contributed by atoms with Gasteiger partial charge in [0.25, 0.3) is 5.91 Å². The van der Waals surface area contributed by atoms with Gasteiger partial charge in [-0.15, -0.1) is 0 Å². The van der Waals surface area contributed by atoms with Gasteiger partial charge in [-0.2, -0.15) is 5.10 Å². The summed E-state index contributed by atoms with van der Waals surface area (Å²) in [6, 6.07) is 5.23. The van der Waals surface area contributed by atoms with Crippen molar-refractivity contribution in [1.29, 1.82) is 0 Å². The lowest BCUT2D eigenvalue weighted by Crippen LogP contribution is -2.57. The summed E-state index contributed by atoms with van der Waals surface area (Å²) in [7, 11) is -3.45. The number of fused-ring (bicyclic) bond motifs is 4. The van der Waals surface area contributed by atoms with Crippen molar-refractivity contribution in [2.24, 2.45) is 5.92 Å². The fourth-order valence-electron chi connectivity index (χ4n) is 3.89. The number of aromatic amines is 1. The van der Waals surface area contributed by atoms with E-state index in [0.29, 0.717) is 22.5 Å². The lowest BCUT2D eigenvalue weighted by atomic mass is 9.84. The Morgan fingerprint density at radius 2 is 2.08 bits per heavy atom. The molecule has 1 atom stereocenters. The van der Waals surface area contributed by atoms with Crippen LogP contribution < -0.4 is 10.0 Å². The van der Waals surface area contributed by atoms with Gasteiger partial charge in [0.1, 0.15) is 0 Å². The van der Waals surface area contributed by atoms with Crippen LogP contribution in [0.1, 0.15) is 23.3 Å². The first kappa shape index (κ1) is 16.3. The maximum Gasteiger partial charge on any atom is 0.272 e. The highest BCUT2D eigenvalue weighted by atomic mass is 32.2. The van der Waals surface area contributed by atoms with Crippen LogP contribution in [0.2, 0.25) is 0 Å². The Balaban J connectivity index is 1.63. The van der Waals surface area contributed by atoms with Gasteiger partial charge in [0.05, 0.1) is 22.8 Å². The van der Waals surface area contributed by atoms with E-state index in [1.807, 2.05) is 0 Å². The Hall–Kier alpha value is -2.13. The molecule has 3 saturated heterocycles. The molecule has 3 N–H and O–H groups in total. The predicted octanol–water partition coefficient (Wildman–Crippen LogP) is 0.758. The second kappa shape index (κ2) is 5.99. The van der Waals surface area contributed by atoms with E-state index >= 15 is 0 Å². The minimum atomic E-state index is -3.45. The molecule has 1 aromatic heterocycles. The number of carbonyl (C=O) groups excluding carboxylic acids is 1. The zero-order chi connectivity index (χ0) is 17.6. The number of nitrogens with zero attached hydrogens (tertiary/aromatic N) is 2. The van der Waals surface area contributed by atoms with Crippen molar-refractivity contribution in [3.8, 4) is 0 Å². The molecule has 5 rings (SSSR count). The lowest BCUT2D eigenvalue weighted by molar-refractivity contribution is 0.0618. The summed E-state index contributed by atoms with van der Waals surface area (Å²) in [6.07, 6.45) is 3.29. The molecule has 1 amide bonds. The molecule has 3 aliphatic rings. The first-order valence-electron chi connectivity index (χ1n) is 8.39.